The Labute approximate surface area is 236 Å². The topological polar surface area (TPSA) is 216 Å². The smallest absolute Gasteiger partial charge is 0.372 e. The summed E-state index contributed by atoms with van der Waals surface area (Å²) in [7, 11) is 0. The number of benzene rings is 2. The van der Waals surface area contributed by atoms with Gasteiger partial charge in [0.2, 0.25) is 5.78 Å². The minimum atomic E-state index is -1.63. The van der Waals surface area contributed by atoms with E-state index in [-0.39, 0.29) is 40.9 Å². The Hall–Kier alpha value is -4.78. The number of nitrogens with two attached hydrogens (primary N) is 1. The minimum Gasteiger partial charge on any atom is -0.491 e. The quantitative estimate of drug-likeness (QED) is 0.111. The fraction of sp³-hybridized carbons (Fsp3) is 0.357. The summed E-state index contributed by atoms with van der Waals surface area (Å²) < 4.78 is 5.72. The van der Waals surface area contributed by atoms with Crippen molar-refractivity contribution in [2.24, 2.45) is 5.73 Å². The number of nitrogens with zero attached hydrogens (tertiary/aromatic N) is 1. The van der Waals surface area contributed by atoms with Crippen LogP contribution in [0.5, 0.6) is 11.5 Å². The Morgan fingerprint density at radius 3 is 2.37 bits per heavy atom. The number of ketones is 1. The highest BCUT2D eigenvalue weighted by atomic mass is 16.7. The van der Waals surface area contributed by atoms with Crippen molar-refractivity contribution in [2.75, 3.05) is 13.2 Å². The third-order valence-corrected chi connectivity index (χ3v) is 6.46. The zero-order valence-corrected chi connectivity index (χ0v) is 22.5. The molecule has 1 aliphatic heterocycles. The van der Waals surface area contributed by atoms with Gasteiger partial charge in [-0.25, -0.2) is 4.79 Å². The van der Waals surface area contributed by atoms with E-state index in [1.165, 1.54) is 30.3 Å². The van der Waals surface area contributed by atoms with Crippen molar-refractivity contribution in [1.82, 2.24) is 10.4 Å². The number of amides is 1. The number of aliphatic carboxylic acids is 2. The highest BCUT2D eigenvalue weighted by molar-refractivity contribution is 6.33. The standard InChI is InChI=1S/C28H33N5O8/c1-16(29)22-4-2-3-11-33(22)41-21-9-7-17(8-10-21)27(37)32-20(14-25(35)36)15-40-24-13-19(26(30)31)6-5-18(24)12-23(34)28(38)39/h5-10,13,20,22,29H,2-4,11-12,14-15H2,1H3,(H3,30,31)(H,32,37)(H,35,36)(H,38,39)/t20-,22-/m1/s1. The van der Waals surface area contributed by atoms with E-state index in [0.717, 1.165) is 19.3 Å². The Morgan fingerprint density at radius 2 is 1.76 bits per heavy atom. The lowest BCUT2D eigenvalue weighted by atomic mass is 10.0. The van der Waals surface area contributed by atoms with Gasteiger partial charge in [-0.05, 0) is 56.5 Å². The highest BCUT2D eigenvalue weighted by Crippen LogP contribution is 2.23. The Kier molecular flexibility index (Phi) is 10.5. The number of carboxylic acids is 2. The van der Waals surface area contributed by atoms with Gasteiger partial charge in [-0.2, -0.15) is 0 Å². The van der Waals surface area contributed by atoms with Gasteiger partial charge in [0.1, 0.15) is 23.9 Å². The predicted octanol–water partition coefficient (Wildman–Crippen LogP) is 2.01. The number of ether oxygens (including phenoxy) is 1. The average molecular weight is 568 g/mol. The van der Waals surface area contributed by atoms with Crippen LogP contribution in [0, 0.1) is 10.8 Å². The molecule has 1 saturated heterocycles. The summed E-state index contributed by atoms with van der Waals surface area (Å²) in [5, 5.41) is 38.3. The number of carboxylic acid groups (broad SMARTS) is 2. The normalized spacial score (nSPS) is 15.8. The first kappa shape index (κ1) is 30.8. The van der Waals surface area contributed by atoms with E-state index < -0.39 is 42.5 Å². The van der Waals surface area contributed by atoms with Crippen LogP contribution in [0.25, 0.3) is 0 Å². The van der Waals surface area contributed by atoms with E-state index in [1.807, 2.05) is 0 Å². The molecule has 218 valence electrons. The van der Waals surface area contributed by atoms with Gasteiger partial charge in [-0.15, -0.1) is 5.06 Å². The molecule has 3 rings (SSSR count). The van der Waals surface area contributed by atoms with Gasteiger partial charge < -0.3 is 36.2 Å². The maximum Gasteiger partial charge on any atom is 0.372 e. The van der Waals surface area contributed by atoms with Crippen LogP contribution >= 0.6 is 0 Å². The molecule has 2 atom stereocenters. The van der Waals surface area contributed by atoms with Gasteiger partial charge in [0.05, 0.1) is 18.5 Å². The lowest BCUT2D eigenvalue weighted by Gasteiger charge is -2.34. The third kappa shape index (κ3) is 8.86. The van der Waals surface area contributed by atoms with Crippen molar-refractivity contribution in [1.29, 1.82) is 10.8 Å². The molecule has 1 heterocycles. The van der Waals surface area contributed by atoms with Gasteiger partial charge in [-0.3, -0.25) is 19.8 Å². The van der Waals surface area contributed by atoms with Crippen LogP contribution in [0.2, 0.25) is 0 Å². The number of hydroxylamine groups is 2. The second-order valence-electron chi connectivity index (χ2n) is 9.67. The van der Waals surface area contributed by atoms with Crippen LogP contribution in [0.4, 0.5) is 0 Å². The molecule has 1 amide bonds. The molecule has 0 radical (unpaired) electrons. The third-order valence-electron chi connectivity index (χ3n) is 6.46. The van der Waals surface area contributed by atoms with Gasteiger partial charge in [-0.1, -0.05) is 12.1 Å². The molecule has 41 heavy (non-hydrogen) atoms. The number of amidine groups is 1. The maximum absolute atomic E-state index is 12.9. The summed E-state index contributed by atoms with van der Waals surface area (Å²) >= 11 is 0. The number of hydrogen-bond acceptors (Lipinski definition) is 9. The molecule has 0 aromatic heterocycles. The molecule has 0 spiro atoms. The predicted molar refractivity (Wildman–Crippen MR) is 148 cm³/mol. The number of hydrogen-bond donors (Lipinski definition) is 6. The Morgan fingerprint density at radius 1 is 1.07 bits per heavy atom. The van der Waals surface area contributed by atoms with E-state index in [9.17, 15) is 24.3 Å². The van der Waals surface area contributed by atoms with Gasteiger partial charge in [0, 0.05) is 35.4 Å². The van der Waals surface area contributed by atoms with Gasteiger partial charge in [0.25, 0.3) is 5.91 Å². The molecule has 0 saturated carbocycles. The van der Waals surface area contributed by atoms with Crippen molar-refractivity contribution < 1.29 is 39.0 Å². The van der Waals surface area contributed by atoms with E-state index in [0.29, 0.717) is 18.0 Å². The van der Waals surface area contributed by atoms with Crippen molar-refractivity contribution in [3.63, 3.8) is 0 Å². The number of Topliss-reactive ketones (excluding diaryl/α,β-unsaturated/α-hetero) is 1. The highest BCUT2D eigenvalue weighted by Gasteiger charge is 2.26. The van der Waals surface area contributed by atoms with Crippen molar-refractivity contribution in [2.45, 2.75) is 51.1 Å². The first-order valence-electron chi connectivity index (χ1n) is 12.9. The Bertz CT molecular complexity index is 1330. The van der Waals surface area contributed by atoms with Crippen LogP contribution in [0.1, 0.15) is 54.1 Å². The molecular weight excluding hydrogens is 534 g/mol. The van der Waals surface area contributed by atoms with E-state index in [1.54, 1.807) is 24.1 Å². The van der Waals surface area contributed by atoms with Crippen LogP contribution in [-0.2, 0) is 20.8 Å². The molecule has 1 fully saturated rings. The molecule has 2 aromatic carbocycles. The summed E-state index contributed by atoms with van der Waals surface area (Å²) in [5.74, 6) is -4.23. The maximum atomic E-state index is 12.9. The summed E-state index contributed by atoms with van der Waals surface area (Å²) in [4.78, 5) is 53.1. The molecule has 13 nitrogen and oxygen atoms in total. The number of nitrogen functional groups attached to an aromatic ring is 1. The molecule has 13 heteroatoms. The second kappa shape index (κ2) is 14.0. The fourth-order valence-electron chi connectivity index (χ4n) is 4.32. The van der Waals surface area contributed by atoms with Crippen LogP contribution in [-0.4, -0.2) is 75.7 Å². The van der Waals surface area contributed by atoms with Crippen LogP contribution in [0.3, 0.4) is 0 Å². The first-order chi connectivity index (χ1) is 19.4. The second-order valence-corrected chi connectivity index (χ2v) is 9.67. The number of carbonyl (C=O) groups is 4. The fourth-order valence-corrected chi connectivity index (χ4v) is 4.32. The molecule has 7 N–H and O–H groups in total. The number of carbonyl (C=O) groups excluding carboxylic acids is 2. The van der Waals surface area contributed by atoms with Crippen LogP contribution in [0.15, 0.2) is 42.5 Å². The zero-order chi connectivity index (χ0) is 30.1. The number of nitrogens with one attached hydrogen (secondary N) is 3. The van der Waals surface area contributed by atoms with Crippen molar-refractivity contribution in [3.8, 4) is 11.5 Å². The molecular formula is C28H33N5O8. The lowest BCUT2D eigenvalue weighted by molar-refractivity contribution is -0.148. The number of rotatable bonds is 14. The zero-order valence-electron chi connectivity index (χ0n) is 22.5. The molecule has 0 aliphatic carbocycles. The van der Waals surface area contributed by atoms with E-state index in [2.05, 4.69) is 5.32 Å². The van der Waals surface area contributed by atoms with E-state index in [4.69, 9.17) is 31.2 Å². The largest absolute Gasteiger partial charge is 0.491 e. The molecule has 0 bridgehead atoms. The molecule has 1 aliphatic rings. The van der Waals surface area contributed by atoms with Crippen molar-refractivity contribution in [3.05, 3.63) is 59.2 Å². The monoisotopic (exact) mass is 567 g/mol. The SMILES string of the molecule is CC(=N)[C@H]1CCCCN1Oc1ccc(C(=O)N[C@@H](COc2cc(C(=N)N)ccc2CC(=O)C(=O)O)CC(=O)O)cc1. The minimum absolute atomic E-state index is 0.0367. The summed E-state index contributed by atoms with van der Waals surface area (Å²) in [6.45, 7) is 2.10. The summed E-state index contributed by atoms with van der Waals surface area (Å²) in [5.41, 5.74) is 6.74. The van der Waals surface area contributed by atoms with Gasteiger partial charge >= 0.3 is 11.9 Å². The van der Waals surface area contributed by atoms with E-state index >= 15 is 0 Å². The lowest BCUT2D eigenvalue weighted by Crippen LogP contribution is -2.45. The molecule has 0 unspecified atom stereocenters. The van der Waals surface area contributed by atoms with Gasteiger partial charge in [0.15, 0.2) is 0 Å². The summed E-state index contributed by atoms with van der Waals surface area (Å²) in [6.07, 6.45) is 1.82. The van der Waals surface area contributed by atoms with Crippen molar-refractivity contribution >= 4 is 35.2 Å². The summed E-state index contributed by atoms with van der Waals surface area (Å²) in [6, 6.07) is 9.36. The first-order valence-corrected chi connectivity index (χ1v) is 12.9. The Balaban J connectivity index is 1.70. The number of piperidine rings is 1. The average Bonchev–Trinajstić information content (AvgIpc) is 2.92. The molecule has 2 aromatic rings. The van der Waals surface area contributed by atoms with Crippen LogP contribution < -0.4 is 20.6 Å².